The Hall–Kier alpha value is -0.0800. The molecule has 2 fully saturated rings. The molecule has 1 aliphatic heterocycles. The van der Waals surface area contributed by atoms with E-state index in [9.17, 15) is 0 Å². The van der Waals surface area contributed by atoms with Gasteiger partial charge in [0.1, 0.15) is 6.23 Å². The molecular formula is C8H15NO. The zero-order valence-electron chi connectivity index (χ0n) is 6.31. The van der Waals surface area contributed by atoms with Gasteiger partial charge >= 0.3 is 0 Å². The van der Waals surface area contributed by atoms with Crippen molar-refractivity contribution in [1.29, 1.82) is 0 Å². The summed E-state index contributed by atoms with van der Waals surface area (Å²) < 4.78 is 5.53. The smallest absolute Gasteiger partial charge is 0.111 e. The molecule has 2 heteroatoms. The highest BCUT2D eigenvalue weighted by Crippen LogP contribution is 2.28. The summed E-state index contributed by atoms with van der Waals surface area (Å²) >= 11 is 0. The molecule has 0 aromatic heterocycles. The minimum absolute atomic E-state index is 0.405. The van der Waals surface area contributed by atoms with Crippen LogP contribution in [0.2, 0.25) is 0 Å². The van der Waals surface area contributed by atoms with E-state index in [0.29, 0.717) is 6.23 Å². The van der Waals surface area contributed by atoms with Crippen LogP contribution in [0.5, 0.6) is 0 Å². The second-order valence-electron chi connectivity index (χ2n) is 3.29. The maximum absolute atomic E-state index is 5.53. The molecule has 0 radical (unpaired) electrons. The third-order valence-corrected chi connectivity index (χ3v) is 2.57. The van der Waals surface area contributed by atoms with E-state index in [-0.39, 0.29) is 0 Å². The van der Waals surface area contributed by atoms with Crippen molar-refractivity contribution in [3.05, 3.63) is 0 Å². The molecule has 1 saturated heterocycles. The van der Waals surface area contributed by atoms with E-state index in [1.54, 1.807) is 0 Å². The molecular weight excluding hydrogens is 126 g/mol. The molecule has 1 unspecified atom stereocenters. The van der Waals surface area contributed by atoms with Gasteiger partial charge in [0.2, 0.25) is 0 Å². The number of hydrogen-bond acceptors (Lipinski definition) is 2. The lowest BCUT2D eigenvalue weighted by Crippen LogP contribution is -2.29. The zero-order valence-corrected chi connectivity index (χ0v) is 6.31. The van der Waals surface area contributed by atoms with Crippen LogP contribution in [-0.2, 0) is 4.74 Å². The normalized spacial score (nSPS) is 35.4. The molecule has 10 heavy (non-hydrogen) atoms. The minimum Gasteiger partial charge on any atom is -0.362 e. The van der Waals surface area contributed by atoms with Crippen molar-refractivity contribution in [2.75, 3.05) is 13.2 Å². The first kappa shape index (κ1) is 6.62. The Morgan fingerprint density at radius 2 is 2.00 bits per heavy atom. The molecule has 1 atom stereocenters. The zero-order chi connectivity index (χ0) is 6.81. The molecule has 0 bridgehead atoms. The standard InChI is InChI=1S/C8H15NO/c1-2-4-7(3-1)8-9-5-6-10-8/h7-9H,1-6H2. The Balaban J connectivity index is 1.85. The molecule has 2 rings (SSSR count). The van der Waals surface area contributed by atoms with Gasteiger partial charge in [-0.3, -0.25) is 5.32 Å². The lowest BCUT2D eigenvalue weighted by atomic mass is 10.1. The van der Waals surface area contributed by atoms with E-state index in [0.717, 1.165) is 19.1 Å². The Morgan fingerprint density at radius 3 is 2.60 bits per heavy atom. The Bertz CT molecular complexity index is 89.8. The number of ether oxygens (including phenoxy) is 1. The average Bonchev–Trinajstić information content (AvgIpc) is 2.59. The predicted molar refractivity (Wildman–Crippen MR) is 39.7 cm³/mol. The van der Waals surface area contributed by atoms with Gasteiger partial charge in [-0.25, -0.2) is 0 Å². The van der Waals surface area contributed by atoms with Crippen LogP contribution in [0.15, 0.2) is 0 Å². The maximum atomic E-state index is 5.53. The summed E-state index contributed by atoms with van der Waals surface area (Å²) in [6.45, 7) is 1.97. The van der Waals surface area contributed by atoms with Gasteiger partial charge in [-0.2, -0.15) is 0 Å². The van der Waals surface area contributed by atoms with Gasteiger partial charge in [-0.05, 0) is 18.8 Å². The summed E-state index contributed by atoms with van der Waals surface area (Å²) in [6.07, 6.45) is 5.97. The van der Waals surface area contributed by atoms with Gasteiger partial charge in [0.25, 0.3) is 0 Å². The van der Waals surface area contributed by atoms with E-state index < -0.39 is 0 Å². The lowest BCUT2D eigenvalue weighted by molar-refractivity contribution is 0.0544. The van der Waals surface area contributed by atoms with E-state index >= 15 is 0 Å². The van der Waals surface area contributed by atoms with Crippen LogP contribution in [-0.4, -0.2) is 19.4 Å². The van der Waals surface area contributed by atoms with E-state index in [4.69, 9.17) is 4.74 Å². The number of rotatable bonds is 1. The van der Waals surface area contributed by atoms with Gasteiger partial charge < -0.3 is 4.74 Å². The predicted octanol–water partition coefficient (Wildman–Crippen LogP) is 1.12. The molecule has 1 aliphatic carbocycles. The minimum atomic E-state index is 0.405. The van der Waals surface area contributed by atoms with Gasteiger partial charge in [0, 0.05) is 6.54 Å². The lowest BCUT2D eigenvalue weighted by Gasteiger charge is -2.16. The molecule has 0 aromatic carbocycles. The quantitative estimate of drug-likeness (QED) is 0.591. The first-order valence-electron chi connectivity index (χ1n) is 4.32. The van der Waals surface area contributed by atoms with Crippen LogP contribution < -0.4 is 5.32 Å². The highest BCUT2D eigenvalue weighted by molar-refractivity contribution is 4.77. The van der Waals surface area contributed by atoms with Gasteiger partial charge in [-0.15, -0.1) is 0 Å². The summed E-state index contributed by atoms with van der Waals surface area (Å²) in [4.78, 5) is 0. The van der Waals surface area contributed by atoms with Crippen molar-refractivity contribution in [1.82, 2.24) is 5.32 Å². The Morgan fingerprint density at radius 1 is 1.20 bits per heavy atom. The van der Waals surface area contributed by atoms with Crippen molar-refractivity contribution in [2.45, 2.75) is 31.9 Å². The molecule has 1 heterocycles. The fourth-order valence-electron chi connectivity index (χ4n) is 2.01. The largest absolute Gasteiger partial charge is 0.362 e. The van der Waals surface area contributed by atoms with Gasteiger partial charge in [0.05, 0.1) is 6.61 Å². The summed E-state index contributed by atoms with van der Waals surface area (Å²) in [5, 5.41) is 3.38. The Labute approximate surface area is 61.9 Å². The van der Waals surface area contributed by atoms with Crippen LogP contribution in [0.4, 0.5) is 0 Å². The summed E-state index contributed by atoms with van der Waals surface area (Å²) in [6, 6.07) is 0. The molecule has 2 nitrogen and oxygen atoms in total. The molecule has 1 N–H and O–H groups in total. The van der Waals surface area contributed by atoms with Crippen molar-refractivity contribution < 1.29 is 4.74 Å². The second-order valence-corrected chi connectivity index (χ2v) is 3.29. The summed E-state index contributed by atoms with van der Waals surface area (Å²) in [7, 11) is 0. The van der Waals surface area contributed by atoms with E-state index in [2.05, 4.69) is 5.32 Å². The van der Waals surface area contributed by atoms with Crippen LogP contribution in [0.3, 0.4) is 0 Å². The molecule has 1 saturated carbocycles. The van der Waals surface area contributed by atoms with Crippen LogP contribution in [0.1, 0.15) is 25.7 Å². The molecule has 0 amide bonds. The molecule has 2 aliphatic rings. The number of hydrogen-bond donors (Lipinski definition) is 1. The summed E-state index contributed by atoms with van der Waals surface area (Å²) in [5.74, 6) is 0.822. The van der Waals surface area contributed by atoms with Crippen molar-refractivity contribution in [3.63, 3.8) is 0 Å². The second kappa shape index (κ2) is 2.89. The average molecular weight is 141 g/mol. The van der Waals surface area contributed by atoms with Crippen LogP contribution in [0, 0.1) is 5.92 Å². The highest BCUT2D eigenvalue weighted by Gasteiger charge is 2.27. The maximum Gasteiger partial charge on any atom is 0.111 e. The monoisotopic (exact) mass is 141 g/mol. The third kappa shape index (κ3) is 1.18. The molecule has 0 spiro atoms. The number of nitrogens with one attached hydrogen (secondary N) is 1. The highest BCUT2D eigenvalue weighted by atomic mass is 16.5. The van der Waals surface area contributed by atoms with Gasteiger partial charge in [0.15, 0.2) is 0 Å². The fourth-order valence-corrected chi connectivity index (χ4v) is 2.01. The van der Waals surface area contributed by atoms with E-state index in [1.807, 2.05) is 0 Å². The third-order valence-electron chi connectivity index (χ3n) is 2.57. The molecule has 58 valence electrons. The van der Waals surface area contributed by atoms with Gasteiger partial charge in [-0.1, -0.05) is 12.8 Å². The first-order chi connectivity index (χ1) is 4.97. The first-order valence-corrected chi connectivity index (χ1v) is 4.32. The SMILES string of the molecule is C1CCC(C2NCCO2)C1. The van der Waals surface area contributed by atoms with Crippen molar-refractivity contribution >= 4 is 0 Å². The Kier molecular flexibility index (Phi) is 1.91. The molecule has 0 aromatic rings. The summed E-state index contributed by atoms with van der Waals surface area (Å²) in [5.41, 5.74) is 0. The van der Waals surface area contributed by atoms with Crippen LogP contribution in [0.25, 0.3) is 0 Å². The fraction of sp³-hybridized carbons (Fsp3) is 1.00. The van der Waals surface area contributed by atoms with Crippen LogP contribution >= 0.6 is 0 Å². The van der Waals surface area contributed by atoms with Crippen molar-refractivity contribution in [3.8, 4) is 0 Å². The van der Waals surface area contributed by atoms with E-state index in [1.165, 1.54) is 25.7 Å². The van der Waals surface area contributed by atoms with Crippen molar-refractivity contribution in [2.24, 2.45) is 5.92 Å². The topological polar surface area (TPSA) is 21.3 Å².